The fraction of sp³-hybridized carbons (Fsp3) is 0.733. The van der Waals surface area contributed by atoms with Gasteiger partial charge in [-0.1, -0.05) is 63.3 Å². The largest absolute Gasteiger partial charge is 0.508 e. The molecule has 3 unspecified atom stereocenters. The molecule has 3 aliphatic rings. The van der Waals surface area contributed by atoms with Crippen LogP contribution in [0.2, 0.25) is 0 Å². The quantitative estimate of drug-likeness (QED) is 0.105. The first kappa shape index (κ1) is 30.3. The van der Waals surface area contributed by atoms with E-state index in [-0.39, 0.29) is 39.6 Å². The summed E-state index contributed by atoms with van der Waals surface area (Å²) in [6.45, 7) is 3.95. The van der Waals surface area contributed by atoms with Gasteiger partial charge < -0.3 is 15.6 Å². The molecule has 1 aromatic carbocycles. The van der Waals surface area contributed by atoms with Crippen molar-refractivity contribution in [3.63, 3.8) is 0 Å². The smallest absolute Gasteiger partial charge is 0.302 e. The number of unbranched alkanes of at least 4 members (excludes halogenated alkanes) is 6. The summed E-state index contributed by atoms with van der Waals surface area (Å²) in [5.74, 6) is 3.71. The summed E-state index contributed by atoms with van der Waals surface area (Å²) in [6.07, 6.45) is 15.7. The second-order valence-corrected chi connectivity index (χ2v) is 13.0. The maximum absolute atomic E-state index is 11.8. The molecule has 1 aromatic rings. The third kappa shape index (κ3) is 7.26. The normalized spacial score (nSPS) is 29.9. The molecule has 5 nitrogen and oxygen atoms in total. The topological polar surface area (TPSA) is 96.4 Å². The molecule has 37 heavy (non-hydrogen) atoms. The van der Waals surface area contributed by atoms with Crippen molar-refractivity contribution in [2.45, 2.75) is 109 Å². The zero-order valence-electron chi connectivity index (χ0n) is 22.7. The molecule has 208 valence electrons. The number of hydrogen-bond donors (Lipinski definition) is 3. The summed E-state index contributed by atoms with van der Waals surface area (Å²) in [5, 5.41) is 17.7. The van der Waals surface area contributed by atoms with Crippen LogP contribution < -0.4 is 5.73 Å². The van der Waals surface area contributed by atoms with Crippen molar-refractivity contribution in [3.8, 4) is 5.75 Å². The van der Waals surface area contributed by atoms with E-state index in [0.29, 0.717) is 29.4 Å². The maximum Gasteiger partial charge on any atom is 0.302 e. The predicted molar refractivity (Wildman–Crippen MR) is 159 cm³/mol. The molecule has 0 aliphatic heterocycles. The van der Waals surface area contributed by atoms with Gasteiger partial charge in [-0.15, -0.1) is 17.0 Å². The minimum absolute atomic E-state index is 0. The number of nitrogens with two attached hydrogens (primary N) is 1. The van der Waals surface area contributed by atoms with Crippen molar-refractivity contribution in [2.75, 3.05) is 5.75 Å². The molecule has 0 saturated heterocycles. The van der Waals surface area contributed by atoms with Gasteiger partial charge in [-0.3, -0.25) is 10.2 Å². The van der Waals surface area contributed by atoms with Crippen LogP contribution in [-0.2, 0) is 16.0 Å². The summed E-state index contributed by atoms with van der Waals surface area (Å²) in [5.41, 5.74) is 8.33. The van der Waals surface area contributed by atoms with E-state index in [9.17, 15) is 9.90 Å². The Hall–Kier alpha value is -1.21. The molecule has 0 aromatic heterocycles. The number of rotatable bonds is 11. The average Bonchev–Trinajstić information content (AvgIpc) is 3.15. The van der Waals surface area contributed by atoms with Crippen LogP contribution in [0.25, 0.3) is 0 Å². The first-order valence-corrected chi connectivity index (χ1v) is 15.2. The zero-order valence-corrected chi connectivity index (χ0v) is 25.2. The van der Waals surface area contributed by atoms with Crippen molar-refractivity contribution in [1.82, 2.24) is 0 Å². The third-order valence-corrected chi connectivity index (χ3v) is 10.4. The van der Waals surface area contributed by atoms with E-state index in [4.69, 9.17) is 15.9 Å². The SMILES string of the molecule is Br.CC(=O)O[C@H]1CCC2C3C(CC[C@@]21C)c1ccc(O)cc1C[C@H]3CCCCCCCCCSC(=N)N. The van der Waals surface area contributed by atoms with E-state index in [1.807, 2.05) is 12.1 Å². The van der Waals surface area contributed by atoms with Crippen molar-refractivity contribution in [2.24, 2.45) is 28.9 Å². The van der Waals surface area contributed by atoms with Crippen molar-refractivity contribution < 1.29 is 14.6 Å². The van der Waals surface area contributed by atoms with E-state index >= 15 is 0 Å². The zero-order chi connectivity index (χ0) is 25.7. The number of phenolic OH excluding ortho intramolecular Hbond substituents is 1. The Kier molecular flexibility index (Phi) is 11.3. The van der Waals surface area contributed by atoms with Crippen molar-refractivity contribution in [1.29, 1.82) is 5.41 Å². The fourth-order valence-electron chi connectivity index (χ4n) is 7.98. The number of nitrogens with one attached hydrogen (secondary N) is 1. The summed E-state index contributed by atoms with van der Waals surface area (Å²) in [6, 6.07) is 6.08. The lowest BCUT2D eigenvalue weighted by atomic mass is 9.52. The minimum Gasteiger partial charge on any atom is -0.508 e. The highest BCUT2D eigenvalue weighted by Gasteiger charge is 2.57. The fourth-order valence-corrected chi connectivity index (χ4v) is 8.55. The van der Waals surface area contributed by atoms with Crippen LogP contribution in [0.15, 0.2) is 18.2 Å². The molecule has 0 amide bonds. The highest BCUT2D eigenvalue weighted by Crippen LogP contribution is 2.63. The van der Waals surface area contributed by atoms with Crippen LogP contribution in [0.3, 0.4) is 0 Å². The number of halogens is 1. The second kappa shape index (κ2) is 13.7. The molecule has 0 bridgehead atoms. The molecular weight excluding hydrogens is 548 g/mol. The van der Waals surface area contributed by atoms with Gasteiger partial charge in [-0.25, -0.2) is 0 Å². The van der Waals surface area contributed by atoms with Gasteiger partial charge in [0, 0.05) is 18.1 Å². The van der Waals surface area contributed by atoms with Crippen molar-refractivity contribution in [3.05, 3.63) is 29.3 Å². The third-order valence-electron chi connectivity index (χ3n) is 9.58. The molecule has 3 aliphatic carbocycles. The molecule has 4 rings (SSSR count). The Morgan fingerprint density at radius 3 is 2.54 bits per heavy atom. The Labute approximate surface area is 238 Å². The van der Waals surface area contributed by atoms with E-state index < -0.39 is 0 Å². The Morgan fingerprint density at radius 2 is 1.84 bits per heavy atom. The van der Waals surface area contributed by atoms with E-state index in [1.165, 1.54) is 74.3 Å². The Morgan fingerprint density at radius 1 is 1.14 bits per heavy atom. The first-order valence-electron chi connectivity index (χ1n) is 14.3. The average molecular weight is 596 g/mol. The van der Waals surface area contributed by atoms with Crippen LogP contribution in [0.1, 0.15) is 108 Å². The standard InChI is InChI=1S/C30H46N2O3S.BrH/c1-20(33)35-27-14-13-26-28-21(10-8-6-4-3-5-7-9-17-36-29(31)32)18-22-19-23(34)11-12-24(22)25(28)15-16-30(26,27)2;/h11-12,19,21,25-28,34H,3-10,13-18H2,1-2H3,(H3,31,32);1H/t21-,25?,26?,27+,28?,30+;/m1./s1. The number of phenols is 1. The maximum atomic E-state index is 11.8. The highest BCUT2D eigenvalue weighted by atomic mass is 79.9. The van der Waals surface area contributed by atoms with Gasteiger partial charge in [-0.2, -0.15) is 0 Å². The highest BCUT2D eigenvalue weighted by molar-refractivity contribution is 8.93. The number of esters is 1. The Bertz CT molecular complexity index is 928. The van der Waals surface area contributed by atoms with Gasteiger partial charge in [0.15, 0.2) is 5.17 Å². The lowest BCUT2D eigenvalue weighted by Crippen LogP contribution is -2.48. The van der Waals surface area contributed by atoms with Crippen LogP contribution in [0.5, 0.6) is 5.75 Å². The molecule has 6 atom stereocenters. The summed E-state index contributed by atoms with van der Waals surface area (Å²) < 4.78 is 5.87. The molecule has 2 saturated carbocycles. The number of carbonyl (C=O) groups excluding carboxylic acids is 1. The van der Waals surface area contributed by atoms with Gasteiger partial charge in [-0.05, 0) is 91.9 Å². The monoisotopic (exact) mass is 594 g/mol. The van der Waals surface area contributed by atoms with Gasteiger partial charge in [0.1, 0.15) is 11.9 Å². The predicted octanol–water partition coefficient (Wildman–Crippen LogP) is 7.73. The number of thioether (sulfide) groups is 1. The summed E-state index contributed by atoms with van der Waals surface area (Å²) >= 11 is 1.45. The van der Waals surface area contributed by atoms with Gasteiger partial charge in [0.05, 0.1) is 0 Å². The van der Waals surface area contributed by atoms with Crippen LogP contribution >= 0.6 is 28.7 Å². The Balaban J connectivity index is 0.00000380. The number of fused-ring (bicyclic) bond motifs is 5. The van der Waals surface area contributed by atoms with Gasteiger partial charge >= 0.3 is 5.97 Å². The number of carbonyl (C=O) groups is 1. The van der Waals surface area contributed by atoms with E-state index in [0.717, 1.165) is 37.9 Å². The van der Waals surface area contributed by atoms with Crippen LogP contribution in [0, 0.1) is 28.6 Å². The van der Waals surface area contributed by atoms with Crippen LogP contribution in [0.4, 0.5) is 0 Å². The molecule has 0 heterocycles. The number of amidine groups is 1. The van der Waals surface area contributed by atoms with Gasteiger partial charge in [0.25, 0.3) is 0 Å². The number of aromatic hydroxyl groups is 1. The molecule has 2 fully saturated rings. The van der Waals surface area contributed by atoms with E-state index in [2.05, 4.69) is 13.0 Å². The minimum atomic E-state index is -0.136. The number of ether oxygens (including phenoxy) is 1. The molecular formula is C30H47BrN2O3S. The van der Waals surface area contributed by atoms with Gasteiger partial charge in [0.2, 0.25) is 0 Å². The summed E-state index contributed by atoms with van der Waals surface area (Å²) in [4.78, 5) is 11.8. The molecule has 7 heteroatoms. The lowest BCUT2D eigenvalue weighted by Gasteiger charge is -2.53. The molecule has 4 N–H and O–H groups in total. The second-order valence-electron chi connectivity index (χ2n) is 11.8. The van der Waals surface area contributed by atoms with Crippen molar-refractivity contribution >= 4 is 39.9 Å². The summed E-state index contributed by atoms with van der Waals surface area (Å²) in [7, 11) is 0. The molecule has 0 radical (unpaired) electrons. The number of benzene rings is 1. The number of hydrogen-bond acceptors (Lipinski definition) is 5. The first-order chi connectivity index (χ1) is 17.3. The van der Waals surface area contributed by atoms with Crippen LogP contribution in [-0.4, -0.2) is 28.1 Å². The lowest BCUT2D eigenvalue weighted by molar-refractivity contribution is -0.155. The van der Waals surface area contributed by atoms with E-state index in [1.54, 1.807) is 6.92 Å². The molecule has 0 spiro atoms.